The van der Waals surface area contributed by atoms with Crippen molar-refractivity contribution in [2.24, 2.45) is 0 Å². The standard InChI is InChI=1S/C50H30N4O/c1-3-15-31(16-4-1)32-27-29-33(30-28-32)46-35-19-7-11-23-39(35)51-50(52-46)54-41-25-13-9-21-37(41)45-47-43(44-38-22-10-14-26-42(38)55-49(44)48(45)54)36-20-8-12-24-40(36)53(47)34-17-5-2-6-18-34/h1-30H. The molecule has 0 unspecified atom stereocenters. The summed E-state index contributed by atoms with van der Waals surface area (Å²) in [6.45, 7) is 0. The van der Waals surface area contributed by atoms with Crippen LogP contribution < -0.4 is 0 Å². The third-order valence-electron chi connectivity index (χ3n) is 11.1. The van der Waals surface area contributed by atoms with Gasteiger partial charge >= 0.3 is 0 Å². The van der Waals surface area contributed by atoms with Gasteiger partial charge in [-0.1, -0.05) is 146 Å². The fourth-order valence-corrected chi connectivity index (χ4v) is 8.77. The molecule has 5 heteroatoms. The summed E-state index contributed by atoms with van der Waals surface area (Å²) in [7, 11) is 0. The van der Waals surface area contributed by atoms with Crippen molar-refractivity contribution in [1.82, 2.24) is 19.1 Å². The number of aromatic nitrogens is 4. The second kappa shape index (κ2) is 11.5. The van der Waals surface area contributed by atoms with Gasteiger partial charge in [-0.05, 0) is 47.5 Å². The molecule has 12 aromatic rings. The highest BCUT2D eigenvalue weighted by Gasteiger charge is 2.28. The van der Waals surface area contributed by atoms with Gasteiger partial charge in [0.15, 0.2) is 5.58 Å². The molecule has 0 atom stereocenters. The minimum atomic E-state index is 0.593. The first-order valence-electron chi connectivity index (χ1n) is 18.6. The normalized spacial score (nSPS) is 12.0. The molecule has 5 nitrogen and oxygen atoms in total. The molecule has 256 valence electrons. The molecule has 8 aromatic carbocycles. The Kier molecular flexibility index (Phi) is 6.27. The lowest BCUT2D eigenvalue weighted by Crippen LogP contribution is -2.03. The maximum Gasteiger partial charge on any atom is 0.235 e. The topological polar surface area (TPSA) is 48.8 Å². The van der Waals surface area contributed by atoms with Crippen molar-refractivity contribution < 1.29 is 4.42 Å². The molecule has 0 fully saturated rings. The fourth-order valence-electron chi connectivity index (χ4n) is 8.77. The van der Waals surface area contributed by atoms with Crippen LogP contribution in [0.2, 0.25) is 0 Å². The summed E-state index contributed by atoms with van der Waals surface area (Å²) in [5, 5.41) is 7.73. The van der Waals surface area contributed by atoms with Crippen molar-refractivity contribution in [3.8, 4) is 34.0 Å². The molecule has 0 saturated carbocycles. The molecule has 4 heterocycles. The van der Waals surface area contributed by atoms with E-state index < -0.39 is 0 Å². The fraction of sp³-hybridized carbons (Fsp3) is 0. The van der Waals surface area contributed by atoms with E-state index in [2.05, 4.69) is 173 Å². The maximum atomic E-state index is 7.00. The predicted molar refractivity (Wildman–Crippen MR) is 226 cm³/mol. The van der Waals surface area contributed by atoms with Crippen LogP contribution in [-0.2, 0) is 0 Å². The molecule has 0 aliphatic rings. The van der Waals surface area contributed by atoms with Crippen molar-refractivity contribution in [1.29, 1.82) is 0 Å². The van der Waals surface area contributed by atoms with Crippen molar-refractivity contribution in [2.75, 3.05) is 0 Å². The highest BCUT2D eigenvalue weighted by atomic mass is 16.3. The average Bonchev–Trinajstić information content (AvgIpc) is 3.92. The Labute approximate surface area is 315 Å². The number of hydrogen-bond acceptors (Lipinski definition) is 3. The lowest BCUT2D eigenvalue weighted by molar-refractivity contribution is 0.671. The van der Waals surface area contributed by atoms with E-state index in [0.29, 0.717) is 5.95 Å². The summed E-state index contributed by atoms with van der Waals surface area (Å²) >= 11 is 0. The molecule has 0 aliphatic carbocycles. The molecule has 0 saturated heterocycles. The van der Waals surface area contributed by atoms with Gasteiger partial charge in [-0.2, -0.15) is 0 Å². The van der Waals surface area contributed by atoms with E-state index in [1.165, 1.54) is 16.3 Å². The smallest absolute Gasteiger partial charge is 0.235 e. The highest BCUT2D eigenvalue weighted by Crippen LogP contribution is 2.49. The molecular formula is C50H30N4O. The third kappa shape index (κ3) is 4.29. The minimum Gasteiger partial charge on any atom is -0.454 e. The van der Waals surface area contributed by atoms with Gasteiger partial charge in [-0.3, -0.25) is 4.57 Å². The van der Waals surface area contributed by atoms with Crippen LogP contribution in [0.1, 0.15) is 0 Å². The molecule has 55 heavy (non-hydrogen) atoms. The van der Waals surface area contributed by atoms with Gasteiger partial charge in [-0.15, -0.1) is 0 Å². The van der Waals surface area contributed by atoms with Crippen molar-refractivity contribution in [3.05, 3.63) is 182 Å². The largest absolute Gasteiger partial charge is 0.454 e. The quantitative estimate of drug-likeness (QED) is 0.183. The first kappa shape index (κ1) is 30.0. The monoisotopic (exact) mass is 702 g/mol. The van der Waals surface area contributed by atoms with Crippen LogP contribution in [-0.4, -0.2) is 19.1 Å². The van der Waals surface area contributed by atoms with E-state index in [0.717, 1.165) is 88.2 Å². The van der Waals surface area contributed by atoms with Gasteiger partial charge in [0.25, 0.3) is 0 Å². The van der Waals surface area contributed by atoms with Crippen LogP contribution >= 0.6 is 0 Å². The first-order chi connectivity index (χ1) is 27.3. The van der Waals surface area contributed by atoms with Crippen molar-refractivity contribution in [3.63, 3.8) is 0 Å². The van der Waals surface area contributed by atoms with Gasteiger partial charge in [0.05, 0.1) is 27.8 Å². The Bertz CT molecular complexity index is 3470. The zero-order valence-electron chi connectivity index (χ0n) is 29.5. The number of rotatable bonds is 4. The van der Waals surface area contributed by atoms with E-state index in [9.17, 15) is 0 Å². The Morgan fingerprint density at radius 3 is 1.71 bits per heavy atom. The van der Waals surface area contributed by atoms with E-state index in [1.54, 1.807) is 0 Å². The Balaban J connectivity index is 1.26. The van der Waals surface area contributed by atoms with Gasteiger partial charge < -0.3 is 8.98 Å². The Hall–Kier alpha value is -7.50. The zero-order valence-corrected chi connectivity index (χ0v) is 29.5. The molecule has 0 bridgehead atoms. The van der Waals surface area contributed by atoms with E-state index >= 15 is 0 Å². The van der Waals surface area contributed by atoms with Crippen LogP contribution in [0.4, 0.5) is 0 Å². The molecule has 4 aromatic heterocycles. The van der Waals surface area contributed by atoms with Crippen LogP contribution in [0.5, 0.6) is 0 Å². The van der Waals surface area contributed by atoms with Crippen LogP contribution in [0.15, 0.2) is 186 Å². The average molecular weight is 703 g/mol. The summed E-state index contributed by atoms with van der Waals surface area (Å²) in [5.41, 5.74) is 12.1. The first-order valence-corrected chi connectivity index (χ1v) is 18.6. The Morgan fingerprint density at radius 1 is 0.382 bits per heavy atom. The minimum absolute atomic E-state index is 0.593. The summed E-state index contributed by atoms with van der Waals surface area (Å²) in [5.74, 6) is 0.593. The number of hydrogen-bond donors (Lipinski definition) is 0. The summed E-state index contributed by atoms with van der Waals surface area (Å²) in [6.07, 6.45) is 0. The van der Waals surface area contributed by atoms with Crippen molar-refractivity contribution >= 4 is 76.5 Å². The summed E-state index contributed by atoms with van der Waals surface area (Å²) < 4.78 is 11.7. The van der Waals surface area contributed by atoms with Crippen LogP contribution in [0.25, 0.3) is 110 Å². The molecule has 0 N–H and O–H groups in total. The predicted octanol–water partition coefficient (Wildman–Crippen LogP) is 13.1. The second-order valence-electron chi connectivity index (χ2n) is 14.1. The SMILES string of the molecule is c1ccc(-c2ccc(-c3nc(-n4c5ccccc5c5c4c4oc6ccccc6c4c4c6ccccc6n(-c6ccccc6)c45)nc4ccccc34)cc2)cc1. The summed E-state index contributed by atoms with van der Waals surface area (Å²) in [6, 6.07) is 63.9. The molecular weight excluding hydrogens is 673 g/mol. The van der Waals surface area contributed by atoms with Gasteiger partial charge in [0.1, 0.15) is 11.1 Å². The number of nitrogens with zero attached hydrogens (tertiary/aromatic N) is 4. The van der Waals surface area contributed by atoms with Crippen molar-refractivity contribution in [2.45, 2.75) is 0 Å². The summed E-state index contributed by atoms with van der Waals surface area (Å²) in [4.78, 5) is 10.8. The lowest BCUT2D eigenvalue weighted by Gasteiger charge is -2.13. The van der Waals surface area contributed by atoms with E-state index in [-0.39, 0.29) is 0 Å². The van der Waals surface area contributed by atoms with E-state index in [4.69, 9.17) is 14.4 Å². The zero-order chi connectivity index (χ0) is 36.0. The Morgan fingerprint density at radius 2 is 0.945 bits per heavy atom. The number of benzene rings is 8. The molecule has 0 aliphatic heterocycles. The highest BCUT2D eigenvalue weighted by molar-refractivity contribution is 6.39. The third-order valence-corrected chi connectivity index (χ3v) is 11.1. The molecule has 0 spiro atoms. The molecule has 0 amide bonds. The molecule has 12 rings (SSSR count). The molecule has 0 radical (unpaired) electrons. The number of fused-ring (bicyclic) bond motifs is 13. The maximum absolute atomic E-state index is 7.00. The van der Waals surface area contributed by atoms with Gasteiger partial charge in [-0.25, -0.2) is 9.97 Å². The van der Waals surface area contributed by atoms with E-state index in [1.807, 2.05) is 18.2 Å². The van der Waals surface area contributed by atoms with Gasteiger partial charge in [0, 0.05) is 49.0 Å². The second-order valence-corrected chi connectivity index (χ2v) is 14.1. The van der Waals surface area contributed by atoms with Crippen LogP contribution in [0, 0.1) is 0 Å². The van der Waals surface area contributed by atoms with Gasteiger partial charge in [0.2, 0.25) is 5.95 Å². The van der Waals surface area contributed by atoms with Crippen LogP contribution in [0.3, 0.4) is 0 Å². The lowest BCUT2D eigenvalue weighted by atomic mass is 10.0. The number of para-hydroxylation sites is 5. The number of furan rings is 1.